The Balaban J connectivity index is 1.52. The Labute approximate surface area is 153 Å². The zero-order chi connectivity index (χ0) is 19.3. The van der Waals surface area contributed by atoms with Crippen LogP contribution in [0.15, 0.2) is 60.8 Å². The molecule has 1 heterocycles. The molecule has 0 bridgehead atoms. The topological polar surface area (TPSA) is 67.0 Å². The number of alkyl halides is 3. The van der Waals surface area contributed by atoms with Gasteiger partial charge in [0, 0.05) is 0 Å². The second-order valence-corrected chi connectivity index (χ2v) is 5.73. The Morgan fingerprint density at radius 3 is 2.44 bits per heavy atom. The van der Waals surface area contributed by atoms with E-state index in [0.29, 0.717) is 17.1 Å². The normalized spacial score (nSPS) is 11.2. The van der Waals surface area contributed by atoms with Crippen molar-refractivity contribution in [2.45, 2.75) is 19.3 Å². The highest BCUT2D eigenvalue weighted by atomic mass is 19.4. The predicted molar refractivity (Wildman–Crippen MR) is 92.5 cm³/mol. The van der Waals surface area contributed by atoms with E-state index in [0.717, 1.165) is 17.7 Å². The number of imidazole rings is 1. The molecule has 8 heteroatoms. The molecule has 2 aromatic carbocycles. The second kappa shape index (κ2) is 7.94. The molecule has 0 atom stereocenters. The molecule has 3 rings (SSSR count). The molecular weight excluding hydrogens is 359 g/mol. The Morgan fingerprint density at radius 2 is 1.78 bits per heavy atom. The van der Waals surface area contributed by atoms with E-state index in [-0.39, 0.29) is 13.2 Å². The molecule has 0 unspecified atom stereocenters. The standard InChI is InChI=1S/C19H16F3N3O2/c20-19(21,22)15-8-6-14(7-9-15)16-10-23-17(25-16)11-24-18(26)27-12-13-4-2-1-3-5-13/h1-10H,11-12H2,(H,23,25)(H,24,26). The number of nitrogens with one attached hydrogen (secondary N) is 2. The van der Waals surface area contributed by atoms with E-state index in [4.69, 9.17) is 4.74 Å². The van der Waals surface area contributed by atoms with Gasteiger partial charge in [-0.2, -0.15) is 13.2 Å². The Kier molecular flexibility index (Phi) is 5.44. The maximum absolute atomic E-state index is 12.6. The molecule has 0 spiro atoms. The van der Waals surface area contributed by atoms with Crippen molar-refractivity contribution in [3.8, 4) is 11.3 Å². The van der Waals surface area contributed by atoms with Crippen molar-refractivity contribution in [1.82, 2.24) is 15.3 Å². The SMILES string of the molecule is O=C(NCc1ncc(-c2ccc(C(F)(F)F)cc2)[nH]1)OCc1ccccc1. The van der Waals surface area contributed by atoms with E-state index < -0.39 is 17.8 Å². The molecule has 2 N–H and O–H groups in total. The van der Waals surface area contributed by atoms with Gasteiger partial charge in [0.25, 0.3) is 0 Å². The number of ether oxygens (including phenoxy) is 1. The molecule has 3 aromatic rings. The molecule has 140 valence electrons. The van der Waals surface area contributed by atoms with Gasteiger partial charge in [-0.25, -0.2) is 9.78 Å². The second-order valence-electron chi connectivity index (χ2n) is 5.73. The molecule has 0 fully saturated rings. The minimum absolute atomic E-state index is 0.105. The number of hydrogen-bond donors (Lipinski definition) is 2. The van der Waals surface area contributed by atoms with Crippen LogP contribution in [-0.4, -0.2) is 16.1 Å². The van der Waals surface area contributed by atoms with Crippen molar-refractivity contribution in [3.05, 3.63) is 77.7 Å². The molecule has 5 nitrogen and oxygen atoms in total. The molecule has 0 aliphatic heterocycles. The number of nitrogens with zero attached hydrogens (tertiary/aromatic N) is 1. The van der Waals surface area contributed by atoms with Gasteiger partial charge in [0.1, 0.15) is 12.4 Å². The summed E-state index contributed by atoms with van der Waals surface area (Å²) < 4.78 is 42.9. The van der Waals surface area contributed by atoms with Gasteiger partial charge in [0.05, 0.1) is 24.0 Å². The van der Waals surface area contributed by atoms with Crippen LogP contribution in [-0.2, 0) is 24.1 Å². The third-order valence-corrected chi connectivity index (χ3v) is 3.76. The van der Waals surface area contributed by atoms with Gasteiger partial charge in [-0.1, -0.05) is 42.5 Å². The number of rotatable bonds is 5. The van der Waals surface area contributed by atoms with Crippen molar-refractivity contribution in [2.24, 2.45) is 0 Å². The first-order valence-corrected chi connectivity index (χ1v) is 8.08. The van der Waals surface area contributed by atoms with E-state index in [1.165, 1.54) is 18.3 Å². The summed E-state index contributed by atoms with van der Waals surface area (Å²) in [6.45, 7) is 0.260. The van der Waals surface area contributed by atoms with Gasteiger partial charge >= 0.3 is 12.3 Å². The van der Waals surface area contributed by atoms with Crippen LogP contribution in [0.25, 0.3) is 11.3 Å². The number of carbonyl (C=O) groups excluding carboxylic acids is 1. The summed E-state index contributed by atoms with van der Waals surface area (Å²) in [5, 5.41) is 2.56. The molecule has 0 saturated carbocycles. The molecule has 1 aromatic heterocycles. The van der Waals surface area contributed by atoms with Crippen molar-refractivity contribution >= 4 is 6.09 Å². The number of aromatic nitrogens is 2. The fourth-order valence-corrected chi connectivity index (χ4v) is 2.37. The average Bonchev–Trinajstić information content (AvgIpc) is 3.14. The number of H-pyrrole nitrogens is 1. The molecule has 0 aliphatic rings. The number of aromatic amines is 1. The van der Waals surface area contributed by atoms with Gasteiger partial charge < -0.3 is 15.0 Å². The summed E-state index contributed by atoms with van der Waals surface area (Å²) in [4.78, 5) is 18.8. The van der Waals surface area contributed by atoms with Crippen molar-refractivity contribution < 1.29 is 22.7 Å². The molecule has 0 saturated heterocycles. The van der Waals surface area contributed by atoms with Gasteiger partial charge in [-0.05, 0) is 23.3 Å². The van der Waals surface area contributed by atoms with E-state index in [9.17, 15) is 18.0 Å². The summed E-state index contributed by atoms with van der Waals surface area (Å²) in [6, 6.07) is 14.0. The molecule has 27 heavy (non-hydrogen) atoms. The summed E-state index contributed by atoms with van der Waals surface area (Å²) in [6.07, 6.45) is -3.47. The summed E-state index contributed by atoms with van der Waals surface area (Å²) in [7, 11) is 0. The third kappa shape index (κ3) is 5.10. The molecular formula is C19H16F3N3O2. The van der Waals surface area contributed by atoms with Crippen LogP contribution in [0.5, 0.6) is 0 Å². The van der Waals surface area contributed by atoms with Crippen LogP contribution in [0.2, 0.25) is 0 Å². The maximum Gasteiger partial charge on any atom is 0.416 e. The fourth-order valence-electron chi connectivity index (χ4n) is 2.37. The number of carbonyl (C=O) groups is 1. The van der Waals surface area contributed by atoms with Gasteiger partial charge in [0.2, 0.25) is 0 Å². The first-order chi connectivity index (χ1) is 12.9. The summed E-state index contributed by atoms with van der Waals surface area (Å²) in [5.74, 6) is 0.460. The van der Waals surface area contributed by atoms with Gasteiger partial charge in [-0.3, -0.25) is 0 Å². The first kappa shape index (κ1) is 18.5. The van der Waals surface area contributed by atoms with Crippen LogP contribution in [0, 0.1) is 0 Å². The predicted octanol–water partition coefficient (Wildman–Crippen LogP) is 4.52. The first-order valence-electron chi connectivity index (χ1n) is 8.08. The Bertz CT molecular complexity index is 891. The lowest BCUT2D eigenvalue weighted by molar-refractivity contribution is -0.137. The lowest BCUT2D eigenvalue weighted by Gasteiger charge is -2.07. The van der Waals surface area contributed by atoms with Crippen molar-refractivity contribution in [3.63, 3.8) is 0 Å². The Hall–Kier alpha value is -3.29. The number of alkyl carbamates (subject to hydrolysis) is 1. The van der Waals surface area contributed by atoms with E-state index in [1.807, 2.05) is 30.3 Å². The highest BCUT2D eigenvalue weighted by Crippen LogP contribution is 2.30. The van der Waals surface area contributed by atoms with Crippen LogP contribution >= 0.6 is 0 Å². The lowest BCUT2D eigenvalue weighted by atomic mass is 10.1. The van der Waals surface area contributed by atoms with Gasteiger partial charge in [-0.15, -0.1) is 0 Å². The fraction of sp³-hybridized carbons (Fsp3) is 0.158. The Morgan fingerprint density at radius 1 is 1.07 bits per heavy atom. The number of hydrogen-bond acceptors (Lipinski definition) is 3. The minimum Gasteiger partial charge on any atom is -0.445 e. The molecule has 1 amide bonds. The average molecular weight is 375 g/mol. The van der Waals surface area contributed by atoms with Crippen molar-refractivity contribution in [1.29, 1.82) is 0 Å². The van der Waals surface area contributed by atoms with E-state index >= 15 is 0 Å². The number of amides is 1. The van der Waals surface area contributed by atoms with Crippen LogP contribution in [0.4, 0.5) is 18.0 Å². The zero-order valence-electron chi connectivity index (χ0n) is 14.1. The van der Waals surface area contributed by atoms with Gasteiger partial charge in [0.15, 0.2) is 0 Å². The van der Waals surface area contributed by atoms with Crippen LogP contribution in [0.3, 0.4) is 0 Å². The smallest absolute Gasteiger partial charge is 0.416 e. The largest absolute Gasteiger partial charge is 0.445 e. The molecule has 0 aliphatic carbocycles. The monoisotopic (exact) mass is 375 g/mol. The van der Waals surface area contributed by atoms with E-state index in [1.54, 1.807) is 0 Å². The number of benzene rings is 2. The lowest BCUT2D eigenvalue weighted by Crippen LogP contribution is -2.24. The van der Waals surface area contributed by atoms with E-state index in [2.05, 4.69) is 15.3 Å². The van der Waals surface area contributed by atoms with Crippen molar-refractivity contribution in [2.75, 3.05) is 0 Å². The summed E-state index contributed by atoms with van der Waals surface area (Å²) in [5.41, 5.74) is 1.27. The molecule has 0 radical (unpaired) electrons. The summed E-state index contributed by atoms with van der Waals surface area (Å²) >= 11 is 0. The maximum atomic E-state index is 12.6. The quantitative estimate of drug-likeness (QED) is 0.689. The minimum atomic E-state index is -4.37. The third-order valence-electron chi connectivity index (χ3n) is 3.76. The highest BCUT2D eigenvalue weighted by Gasteiger charge is 2.30. The highest BCUT2D eigenvalue weighted by molar-refractivity contribution is 5.67. The van der Waals surface area contributed by atoms with Crippen LogP contribution < -0.4 is 5.32 Å². The number of halogens is 3. The van der Waals surface area contributed by atoms with Crippen LogP contribution in [0.1, 0.15) is 17.0 Å². The zero-order valence-corrected chi connectivity index (χ0v) is 14.1.